The first-order chi connectivity index (χ1) is 8.67. The van der Waals surface area contributed by atoms with E-state index in [1.807, 2.05) is 0 Å². The summed E-state index contributed by atoms with van der Waals surface area (Å²) in [5, 5.41) is 4.10. The fourth-order valence-electron chi connectivity index (χ4n) is 2.04. The number of rotatable bonds is 8. The molecule has 0 aromatic heterocycles. The molecule has 1 aromatic carbocycles. The summed E-state index contributed by atoms with van der Waals surface area (Å²) in [5.41, 5.74) is 0.715. The third-order valence-corrected chi connectivity index (χ3v) is 3.30. The molecule has 0 aliphatic heterocycles. The molecule has 0 bridgehead atoms. The van der Waals surface area contributed by atoms with Crippen molar-refractivity contribution >= 4 is 11.6 Å². The second-order valence-corrected chi connectivity index (χ2v) is 5.17. The monoisotopic (exact) mass is 271 g/mol. The lowest BCUT2D eigenvalue weighted by atomic mass is 10.0. The highest BCUT2D eigenvalue weighted by atomic mass is 35.5. The van der Waals surface area contributed by atoms with E-state index in [1.165, 1.54) is 18.9 Å². The summed E-state index contributed by atoms with van der Waals surface area (Å²) >= 11 is 5.92. The maximum Gasteiger partial charge on any atom is 0.126 e. The largest absolute Gasteiger partial charge is 0.314 e. The van der Waals surface area contributed by atoms with Gasteiger partial charge in [-0.2, -0.15) is 0 Å². The van der Waals surface area contributed by atoms with Gasteiger partial charge in [0.15, 0.2) is 0 Å². The van der Waals surface area contributed by atoms with Crippen molar-refractivity contribution in [2.45, 2.75) is 52.0 Å². The predicted molar refractivity (Wildman–Crippen MR) is 76.7 cm³/mol. The van der Waals surface area contributed by atoms with Gasteiger partial charge in [-0.1, -0.05) is 38.3 Å². The molecule has 1 nitrogen and oxygen atoms in total. The molecule has 0 spiro atoms. The van der Waals surface area contributed by atoms with E-state index < -0.39 is 0 Å². The van der Waals surface area contributed by atoms with E-state index in [1.54, 1.807) is 12.1 Å². The molecule has 18 heavy (non-hydrogen) atoms. The van der Waals surface area contributed by atoms with Crippen LogP contribution in [0, 0.1) is 5.82 Å². The highest BCUT2D eigenvalue weighted by Gasteiger charge is 2.11. The zero-order valence-electron chi connectivity index (χ0n) is 11.3. The molecule has 0 saturated heterocycles. The molecule has 0 aliphatic carbocycles. The second kappa shape index (κ2) is 8.49. The summed E-state index contributed by atoms with van der Waals surface area (Å²) in [4.78, 5) is 0. The Morgan fingerprint density at radius 2 is 2.06 bits per heavy atom. The van der Waals surface area contributed by atoms with Crippen LogP contribution in [0.5, 0.6) is 0 Å². The van der Waals surface area contributed by atoms with Gasteiger partial charge in [-0.05, 0) is 49.6 Å². The Hall–Kier alpha value is -0.600. The molecule has 0 saturated carbocycles. The predicted octanol–water partition coefficient (Wildman–Crippen LogP) is 4.58. The smallest absolute Gasteiger partial charge is 0.126 e. The topological polar surface area (TPSA) is 12.0 Å². The number of halogens is 2. The Bertz CT molecular complexity index is 346. The number of nitrogens with one attached hydrogen (secondary N) is 1. The van der Waals surface area contributed by atoms with Gasteiger partial charge in [0, 0.05) is 11.1 Å². The van der Waals surface area contributed by atoms with E-state index in [2.05, 4.69) is 19.2 Å². The molecule has 0 radical (unpaired) electrons. The fourth-order valence-corrected chi connectivity index (χ4v) is 2.24. The highest BCUT2D eigenvalue weighted by molar-refractivity contribution is 6.30. The number of hydrogen-bond donors (Lipinski definition) is 1. The first-order valence-electron chi connectivity index (χ1n) is 6.84. The highest BCUT2D eigenvalue weighted by Crippen LogP contribution is 2.18. The Morgan fingerprint density at radius 1 is 1.28 bits per heavy atom. The van der Waals surface area contributed by atoms with E-state index in [-0.39, 0.29) is 5.82 Å². The van der Waals surface area contributed by atoms with E-state index in [9.17, 15) is 4.39 Å². The third-order valence-electron chi connectivity index (χ3n) is 3.06. The molecule has 102 valence electrons. The third kappa shape index (κ3) is 5.36. The molecule has 1 atom stereocenters. The van der Waals surface area contributed by atoms with Crippen molar-refractivity contribution < 1.29 is 4.39 Å². The Balaban J connectivity index is 2.65. The molecular formula is C15H23ClFN. The standard InChI is InChI=1S/C15H23ClFN/c1-3-5-6-14(18-9-4-2)11-12-10-13(16)7-8-15(12)17/h7-8,10,14,18H,3-6,9,11H2,1-2H3. The first-order valence-corrected chi connectivity index (χ1v) is 7.22. The zero-order valence-corrected chi connectivity index (χ0v) is 12.1. The Labute approximate surface area is 115 Å². The lowest BCUT2D eigenvalue weighted by Gasteiger charge is -2.18. The van der Waals surface area contributed by atoms with Gasteiger partial charge in [0.25, 0.3) is 0 Å². The summed E-state index contributed by atoms with van der Waals surface area (Å²) in [7, 11) is 0. The molecule has 0 amide bonds. The van der Waals surface area contributed by atoms with Gasteiger partial charge in [-0.15, -0.1) is 0 Å². The summed E-state index contributed by atoms with van der Waals surface area (Å²) in [5.74, 6) is -0.154. The van der Waals surface area contributed by atoms with E-state index in [0.717, 1.165) is 19.4 Å². The van der Waals surface area contributed by atoms with Crippen molar-refractivity contribution in [3.8, 4) is 0 Å². The molecule has 0 fully saturated rings. The van der Waals surface area contributed by atoms with E-state index in [4.69, 9.17) is 11.6 Å². The van der Waals surface area contributed by atoms with E-state index >= 15 is 0 Å². The average molecular weight is 272 g/mol. The van der Waals surface area contributed by atoms with Gasteiger partial charge in [0.05, 0.1) is 0 Å². The maximum atomic E-state index is 13.7. The van der Waals surface area contributed by atoms with Crippen LogP contribution >= 0.6 is 11.6 Å². The Morgan fingerprint density at radius 3 is 2.72 bits per heavy atom. The fraction of sp³-hybridized carbons (Fsp3) is 0.600. The van der Waals surface area contributed by atoms with Crippen molar-refractivity contribution in [3.63, 3.8) is 0 Å². The van der Waals surface area contributed by atoms with Gasteiger partial charge in [-0.3, -0.25) is 0 Å². The minimum Gasteiger partial charge on any atom is -0.314 e. The van der Waals surface area contributed by atoms with Gasteiger partial charge in [-0.25, -0.2) is 4.39 Å². The lowest BCUT2D eigenvalue weighted by molar-refractivity contribution is 0.454. The lowest BCUT2D eigenvalue weighted by Crippen LogP contribution is -2.32. The normalized spacial score (nSPS) is 12.7. The number of unbranched alkanes of at least 4 members (excludes halogenated alkanes) is 1. The number of hydrogen-bond acceptors (Lipinski definition) is 1. The van der Waals surface area contributed by atoms with Crippen LogP contribution in [0.15, 0.2) is 18.2 Å². The van der Waals surface area contributed by atoms with Gasteiger partial charge in [0.2, 0.25) is 0 Å². The van der Waals surface area contributed by atoms with Gasteiger partial charge < -0.3 is 5.32 Å². The first kappa shape index (κ1) is 15.5. The summed E-state index contributed by atoms with van der Waals surface area (Å²) in [6.45, 7) is 5.30. The summed E-state index contributed by atoms with van der Waals surface area (Å²) < 4.78 is 13.7. The van der Waals surface area contributed by atoms with Crippen LogP contribution in [-0.2, 0) is 6.42 Å². The van der Waals surface area contributed by atoms with Crippen molar-refractivity contribution in [2.75, 3.05) is 6.54 Å². The van der Waals surface area contributed by atoms with Crippen molar-refractivity contribution in [2.24, 2.45) is 0 Å². The van der Waals surface area contributed by atoms with Crippen LogP contribution in [0.25, 0.3) is 0 Å². The average Bonchev–Trinajstić information content (AvgIpc) is 2.37. The molecule has 1 rings (SSSR count). The van der Waals surface area contributed by atoms with Crippen molar-refractivity contribution in [1.29, 1.82) is 0 Å². The summed E-state index contributed by atoms with van der Waals surface area (Å²) in [6.07, 6.45) is 5.24. The SMILES string of the molecule is CCCCC(Cc1cc(Cl)ccc1F)NCCC. The molecule has 0 aliphatic rings. The van der Waals surface area contributed by atoms with Crippen molar-refractivity contribution in [3.05, 3.63) is 34.6 Å². The molecule has 1 aromatic rings. The van der Waals surface area contributed by atoms with Crippen LogP contribution in [0.3, 0.4) is 0 Å². The minimum atomic E-state index is -0.154. The van der Waals surface area contributed by atoms with Crippen molar-refractivity contribution in [1.82, 2.24) is 5.32 Å². The van der Waals surface area contributed by atoms with E-state index in [0.29, 0.717) is 23.0 Å². The van der Waals surface area contributed by atoms with Crippen LogP contribution in [0.2, 0.25) is 5.02 Å². The van der Waals surface area contributed by atoms with Gasteiger partial charge in [0.1, 0.15) is 5.82 Å². The van der Waals surface area contributed by atoms with Gasteiger partial charge >= 0.3 is 0 Å². The molecule has 1 unspecified atom stereocenters. The molecule has 1 N–H and O–H groups in total. The van der Waals surface area contributed by atoms with Crippen LogP contribution in [0.4, 0.5) is 4.39 Å². The second-order valence-electron chi connectivity index (χ2n) is 4.73. The number of benzene rings is 1. The Kier molecular flexibility index (Phi) is 7.29. The van der Waals surface area contributed by atoms with Crippen LogP contribution in [0.1, 0.15) is 45.1 Å². The quantitative estimate of drug-likeness (QED) is 0.730. The maximum absolute atomic E-state index is 13.7. The van der Waals surface area contributed by atoms with Crippen LogP contribution < -0.4 is 5.32 Å². The molecular weight excluding hydrogens is 249 g/mol. The molecule has 0 heterocycles. The zero-order chi connectivity index (χ0) is 13.4. The summed E-state index contributed by atoms with van der Waals surface area (Å²) in [6, 6.07) is 5.14. The van der Waals surface area contributed by atoms with Crippen LogP contribution in [-0.4, -0.2) is 12.6 Å². The molecule has 3 heteroatoms. The minimum absolute atomic E-state index is 0.154.